The highest BCUT2D eigenvalue weighted by molar-refractivity contribution is 7.80. The number of rotatable bonds is 6. The van der Waals surface area contributed by atoms with Crippen LogP contribution in [-0.4, -0.2) is 14.9 Å². The summed E-state index contributed by atoms with van der Waals surface area (Å²) in [6.45, 7) is 4.97. The second-order valence-corrected chi connectivity index (χ2v) is 6.94. The molecule has 0 aliphatic rings. The van der Waals surface area contributed by atoms with Gasteiger partial charge in [-0.15, -0.1) is 0 Å². The summed E-state index contributed by atoms with van der Waals surface area (Å²) >= 11 is 5.37. The van der Waals surface area contributed by atoms with Crippen LogP contribution in [0.2, 0.25) is 0 Å². The van der Waals surface area contributed by atoms with Crippen molar-refractivity contribution in [3.8, 4) is 0 Å². The van der Waals surface area contributed by atoms with E-state index in [1.165, 1.54) is 17.7 Å². The van der Waals surface area contributed by atoms with Crippen LogP contribution >= 0.6 is 12.2 Å². The van der Waals surface area contributed by atoms with Crippen molar-refractivity contribution in [1.82, 2.24) is 9.78 Å². The molecule has 0 aliphatic heterocycles. The van der Waals surface area contributed by atoms with Gasteiger partial charge < -0.3 is 10.6 Å². The molecule has 0 fully saturated rings. The molecule has 0 bridgehead atoms. The standard InChI is InChI=1S/C21H23FN4S/c1-3-15(2)17-6-10-19(11-7-17)23-21(27)24-20-12-13-26(25-20)14-16-4-8-18(22)9-5-16/h4-13,15H,3,14H2,1-2H3,(H2,23,24,25,27). The first kappa shape index (κ1) is 19.0. The monoisotopic (exact) mass is 382 g/mol. The van der Waals surface area contributed by atoms with E-state index in [2.05, 4.69) is 41.7 Å². The summed E-state index contributed by atoms with van der Waals surface area (Å²) in [6.07, 6.45) is 2.97. The fourth-order valence-corrected chi connectivity index (χ4v) is 2.93. The number of hydrogen-bond acceptors (Lipinski definition) is 2. The summed E-state index contributed by atoms with van der Waals surface area (Å²) in [5.74, 6) is 0.968. The molecule has 1 heterocycles. The Bertz CT molecular complexity index is 887. The zero-order valence-corrected chi connectivity index (χ0v) is 16.3. The minimum atomic E-state index is -0.241. The lowest BCUT2D eigenvalue weighted by Crippen LogP contribution is -2.19. The van der Waals surface area contributed by atoms with E-state index in [4.69, 9.17) is 12.2 Å². The van der Waals surface area contributed by atoms with Gasteiger partial charge in [0, 0.05) is 18.0 Å². The summed E-state index contributed by atoms with van der Waals surface area (Å²) in [5, 5.41) is 11.2. The van der Waals surface area contributed by atoms with Crippen LogP contribution in [0.4, 0.5) is 15.9 Å². The average molecular weight is 383 g/mol. The third-order valence-electron chi connectivity index (χ3n) is 4.49. The van der Waals surface area contributed by atoms with Crippen LogP contribution in [-0.2, 0) is 6.54 Å². The first-order chi connectivity index (χ1) is 13.0. The molecule has 1 unspecified atom stereocenters. The van der Waals surface area contributed by atoms with Crippen molar-refractivity contribution in [3.63, 3.8) is 0 Å². The Morgan fingerprint density at radius 3 is 2.44 bits per heavy atom. The zero-order valence-electron chi connectivity index (χ0n) is 15.4. The zero-order chi connectivity index (χ0) is 19.2. The Labute approximate surface area is 164 Å². The van der Waals surface area contributed by atoms with Gasteiger partial charge in [-0.1, -0.05) is 38.1 Å². The predicted molar refractivity (Wildman–Crippen MR) is 113 cm³/mol. The minimum Gasteiger partial charge on any atom is -0.332 e. The molecule has 0 saturated heterocycles. The van der Waals surface area contributed by atoms with E-state index >= 15 is 0 Å². The largest absolute Gasteiger partial charge is 0.332 e. The van der Waals surface area contributed by atoms with Gasteiger partial charge >= 0.3 is 0 Å². The molecule has 1 aromatic heterocycles. The van der Waals surface area contributed by atoms with Crippen LogP contribution < -0.4 is 10.6 Å². The maximum Gasteiger partial charge on any atom is 0.176 e. The van der Waals surface area contributed by atoms with E-state index in [9.17, 15) is 4.39 Å². The van der Waals surface area contributed by atoms with Crippen LogP contribution in [0.3, 0.4) is 0 Å². The average Bonchev–Trinajstić information content (AvgIpc) is 3.10. The van der Waals surface area contributed by atoms with Gasteiger partial charge in [0.1, 0.15) is 5.82 Å². The molecule has 1 atom stereocenters. The third-order valence-corrected chi connectivity index (χ3v) is 4.69. The molecule has 4 nitrogen and oxygen atoms in total. The second-order valence-electron chi connectivity index (χ2n) is 6.54. The van der Waals surface area contributed by atoms with Gasteiger partial charge in [0.05, 0.1) is 6.54 Å². The molecular weight excluding hydrogens is 359 g/mol. The smallest absolute Gasteiger partial charge is 0.176 e. The molecule has 0 amide bonds. The third kappa shape index (κ3) is 5.37. The first-order valence-electron chi connectivity index (χ1n) is 8.99. The lowest BCUT2D eigenvalue weighted by Gasteiger charge is -2.12. The highest BCUT2D eigenvalue weighted by Gasteiger charge is 2.05. The van der Waals surface area contributed by atoms with Crippen LogP contribution in [0.1, 0.15) is 37.3 Å². The number of hydrogen-bond donors (Lipinski definition) is 2. The topological polar surface area (TPSA) is 41.9 Å². The van der Waals surface area contributed by atoms with Crippen LogP contribution in [0.15, 0.2) is 60.8 Å². The summed E-state index contributed by atoms with van der Waals surface area (Å²) in [5.41, 5.74) is 3.24. The number of nitrogens with one attached hydrogen (secondary N) is 2. The van der Waals surface area contributed by atoms with Gasteiger partial charge in [0.25, 0.3) is 0 Å². The van der Waals surface area contributed by atoms with Crippen molar-refractivity contribution in [1.29, 1.82) is 0 Å². The fraction of sp³-hybridized carbons (Fsp3) is 0.238. The molecule has 0 spiro atoms. The van der Waals surface area contributed by atoms with Crippen LogP contribution in [0, 0.1) is 5.82 Å². The number of halogens is 1. The van der Waals surface area contributed by atoms with Gasteiger partial charge in [-0.2, -0.15) is 5.10 Å². The summed E-state index contributed by atoms with van der Waals surface area (Å²) in [6, 6.07) is 16.5. The number of anilines is 2. The number of nitrogens with zero attached hydrogens (tertiary/aromatic N) is 2. The molecule has 6 heteroatoms. The molecule has 27 heavy (non-hydrogen) atoms. The van der Waals surface area contributed by atoms with Gasteiger partial charge in [-0.3, -0.25) is 4.68 Å². The van der Waals surface area contributed by atoms with E-state index in [-0.39, 0.29) is 5.82 Å². The molecule has 0 radical (unpaired) electrons. The van der Waals surface area contributed by atoms with Crippen molar-refractivity contribution < 1.29 is 4.39 Å². The van der Waals surface area contributed by atoms with Crippen LogP contribution in [0.25, 0.3) is 0 Å². The van der Waals surface area contributed by atoms with Crippen molar-refractivity contribution in [2.45, 2.75) is 32.7 Å². The maximum atomic E-state index is 13.0. The van der Waals surface area contributed by atoms with Crippen molar-refractivity contribution in [2.24, 2.45) is 0 Å². The Kier molecular flexibility index (Phi) is 6.19. The Hall–Kier alpha value is -2.73. The first-order valence-corrected chi connectivity index (χ1v) is 9.40. The summed E-state index contributed by atoms with van der Waals surface area (Å²) in [4.78, 5) is 0. The normalized spacial score (nSPS) is 11.8. The highest BCUT2D eigenvalue weighted by atomic mass is 32.1. The van der Waals surface area contributed by atoms with E-state index < -0.39 is 0 Å². The van der Waals surface area contributed by atoms with E-state index in [1.807, 2.05) is 24.4 Å². The van der Waals surface area contributed by atoms with Crippen molar-refractivity contribution in [2.75, 3.05) is 10.6 Å². The fourth-order valence-electron chi connectivity index (χ4n) is 2.70. The second kappa shape index (κ2) is 8.77. The number of benzene rings is 2. The number of aromatic nitrogens is 2. The molecule has 0 aliphatic carbocycles. The summed E-state index contributed by atoms with van der Waals surface area (Å²) in [7, 11) is 0. The van der Waals surface area contributed by atoms with Crippen LogP contribution in [0.5, 0.6) is 0 Å². The SMILES string of the molecule is CCC(C)c1ccc(NC(=S)Nc2ccn(Cc3ccc(F)cc3)n2)cc1. The van der Waals surface area contributed by atoms with Crippen molar-refractivity contribution >= 4 is 28.8 Å². The molecule has 2 aromatic carbocycles. The highest BCUT2D eigenvalue weighted by Crippen LogP contribution is 2.20. The molecular formula is C21H23FN4S. The van der Waals surface area contributed by atoms with Gasteiger partial charge in [-0.25, -0.2) is 4.39 Å². The molecule has 3 aromatic rings. The lowest BCUT2D eigenvalue weighted by molar-refractivity contribution is 0.624. The molecule has 0 saturated carbocycles. The van der Waals surface area contributed by atoms with E-state index in [0.717, 1.165) is 17.7 Å². The lowest BCUT2D eigenvalue weighted by atomic mass is 9.99. The van der Waals surface area contributed by atoms with Gasteiger partial charge in [0.2, 0.25) is 0 Å². The Morgan fingerprint density at radius 1 is 1.07 bits per heavy atom. The van der Waals surface area contributed by atoms with Gasteiger partial charge in [-0.05, 0) is 59.9 Å². The molecule has 140 valence electrons. The Morgan fingerprint density at radius 2 is 1.78 bits per heavy atom. The minimum absolute atomic E-state index is 0.241. The van der Waals surface area contributed by atoms with E-state index in [1.54, 1.807) is 16.8 Å². The van der Waals surface area contributed by atoms with E-state index in [0.29, 0.717) is 23.4 Å². The molecule has 3 rings (SSSR count). The Balaban J connectivity index is 1.55. The number of thiocarbonyl (C=S) groups is 1. The van der Waals surface area contributed by atoms with Crippen molar-refractivity contribution in [3.05, 3.63) is 77.7 Å². The van der Waals surface area contributed by atoms with Gasteiger partial charge in [0.15, 0.2) is 10.9 Å². The predicted octanol–water partition coefficient (Wildman–Crippen LogP) is 5.39. The quantitative estimate of drug-likeness (QED) is 0.561. The maximum absolute atomic E-state index is 13.0. The summed E-state index contributed by atoms with van der Waals surface area (Å²) < 4.78 is 14.8. The molecule has 2 N–H and O–H groups in total.